The Kier molecular flexibility index (Phi) is 16.1. The van der Waals surface area contributed by atoms with Gasteiger partial charge in [-0.1, -0.05) is 53.7 Å². The molecule has 0 atom stereocenters. The number of fused-ring (bicyclic) bond motifs is 1. The molecule has 0 amide bonds. The van der Waals surface area contributed by atoms with Crippen molar-refractivity contribution in [3.8, 4) is 0 Å². The second kappa shape index (κ2) is 13.9. The van der Waals surface area contributed by atoms with Crippen LogP contribution < -0.4 is 0 Å². The molecule has 0 nitrogen and oxygen atoms in total. The van der Waals surface area contributed by atoms with Gasteiger partial charge in [-0.2, -0.15) is 0 Å². The average Bonchev–Trinajstić information content (AvgIpc) is 2.85. The summed E-state index contributed by atoms with van der Waals surface area (Å²) < 4.78 is 0. The number of hydrogen-bond donors (Lipinski definition) is 0. The van der Waals surface area contributed by atoms with E-state index < -0.39 is 0 Å². The molecular formula is C13H24S2. The molecule has 1 heterocycles. The first-order valence-electron chi connectivity index (χ1n) is 5.81. The molecule has 88 valence electrons. The Labute approximate surface area is 104 Å². The lowest BCUT2D eigenvalue weighted by molar-refractivity contribution is 1.27. The van der Waals surface area contributed by atoms with E-state index in [1.54, 1.807) is 0 Å². The Morgan fingerprint density at radius 1 is 0.733 bits per heavy atom. The van der Waals surface area contributed by atoms with E-state index in [1.807, 2.05) is 65.1 Å². The minimum atomic E-state index is 1.19. The zero-order valence-corrected chi connectivity index (χ0v) is 12.5. The van der Waals surface area contributed by atoms with Gasteiger partial charge in [-0.05, 0) is 12.1 Å². The largest absolute Gasteiger partial charge is 0.114 e. The molecule has 1 aliphatic rings. The summed E-state index contributed by atoms with van der Waals surface area (Å²) in [4.78, 5) is 2.89. The third-order valence-electron chi connectivity index (χ3n) is 1.28. The van der Waals surface area contributed by atoms with Gasteiger partial charge in [-0.3, -0.25) is 0 Å². The summed E-state index contributed by atoms with van der Waals surface area (Å²) in [6.07, 6.45) is 0. The van der Waals surface area contributed by atoms with Crippen molar-refractivity contribution in [2.75, 3.05) is 5.08 Å². The van der Waals surface area contributed by atoms with Crippen LogP contribution in [0.2, 0.25) is 0 Å². The summed E-state index contributed by atoms with van der Waals surface area (Å²) in [7, 11) is 0. The quantitative estimate of drug-likeness (QED) is 0.555. The normalized spacial score (nSPS) is 10.5. The first-order chi connectivity index (χ1) is 7.47. The highest BCUT2D eigenvalue weighted by molar-refractivity contribution is 8.18. The van der Waals surface area contributed by atoms with Gasteiger partial charge in [-0.15, -0.1) is 23.5 Å². The summed E-state index contributed by atoms with van der Waals surface area (Å²) in [6, 6.07) is 8.55. The summed E-state index contributed by atoms with van der Waals surface area (Å²) in [5, 5.41) is 1.19. The van der Waals surface area contributed by atoms with Gasteiger partial charge in [0.15, 0.2) is 0 Å². The fourth-order valence-corrected chi connectivity index (χ4v) is 3.22. The SMILES string of the molecule is CC.CC.CC.c1ccc2c(c1)SCS2. The van der Waals surface area contributed by atoms with Gasteiger partial charge in [0, 0.05) is 14.9 Å². The van der Waals surface area contributed by atoms with Crippen molar-refractivity contribution < 1.29 is 0 Å². The minimum absolute atomic E-state index is 1.19. The molecule has 1 aromatic rings. The van der Waals surface area contributed by atoms with E-state index in [0.29, 0.717) is 0 Å². The van der Waals surface area contributed by atoms with Crippen molar-refractivity contribution in [1.29, 1.82) is 0 Å². The number of thioether (sulfide) groups is 2. The van der Waals surface area contributed by atoms with Crippen LogP contribution in [0.4, 0.5) is 0 Å². The molecule has 1 aromatic carbocycles. The molecule has 0 saturated heterocycles. The predicted octanol–water partition coefficient (Wildman–Crippen LogP) is 5.92. The summed E-state index contributed by atoms with van der Waals surface area (Å²) in [6.45, 7) is 12.0. The van der Waals surface area contributed by atoms with E-state index in [2.05, 4.69) is 24.3 Å². The maximum atomic E-state index is 2.18. The molecule has 0 fully saturated rings. The summed E-state index contributed by atoms with van der Waals surface area (Å²) in [5.41, 5.74) is 0. The number of benzene rings is 1. The van der Waals surface area contributed by atoms with Crippen LogP contribution in [-0.2, 0) is 0 Å². The van der Waals surface area contributed by atoms with Crippen LogP contribution in [0, 0.1) is 0 Å². The Balaban J connectivity index is 0. The topological polar surface area (TPSA) is 0 Å². The van der Waals surface area contributed by atoms with Crippen molar-refractivity contribution in [2.24, 2.45) is 0 Å². The van der Waals surface area contributed by atoms with E-state index >= 15 is 0 Å². The molecule has 0 aromatic heterocycles. The highest BCUT2D eigenvalue weighted by Crippen LogP contribution is 2.40. The Bertz CT molecular complexity index is 199. The third-order valence-corrected chi connectivity index (χ3v) is 3.68. The molecular weight excluding hydrogens is 220 g/mol. The van der Waals surface area contributed by atoms with Crippen LogP contribution in [0.15, 0.2) is 34.1 Å². The highest BCUT2D eigenvalue weighted by Gasteiger charge is 2.08. The van der Waals surface area contributed by atoms with E-state index in [1.165, 1.54) is 14.9 Å². The zero-order chi connectivity index (χ0) is 12.1. The van der Waals surface area contributed by atoms with E-state index in [-0.39, 0.29) is 0 Å². The van der Waals surface area contributed by atoms with Crippen molar-refractivity contribution >= 4 is 23.5 Å². The monoisotopic (exact) mass is 244 g/mol. The average molecular weight is 244 g/mol. The van der Waals surface area contributed by atoms with Gasteiger partial charge in [-0.25, -0.2) is 0 Å². The lowest BCUT2D eigenvalue weighted by atomic mass is 10.4. The third kappa shape index (κ3) is 6.91. The molecule has 2 rings (SSSR count). The van der Waals surface area contributed by atoms with Crippen molar-refractivity contribution in [2.45, 2.75) is 51.3 Å². The highest BCUT2D eigenvalue weighted by atomic mass is 32.2. The molecule has 1 aliphatic heterocycles. The first-order valence-corrected chi connectivity index (χ1v) is 7.78. The number of hydrogen-bond acceptors (Lipinski definition) is 2. The molecule has 0 N–H and O–H groups in total. The van der Waals surface area contributed by atoms with Crippen LogP contribution in [0.5, 0.6) is 0 Å². The van der Waals surface area contributed by atoms with Gasteiger partial charge in [0.25, 0.3) is 0 Å². The van der Waals surface area contributed by atoms with E-state index in [0.717, 1.165) is 0 Å². The molecule has 2 heteroatoms. The zero-order valence-electron chi connectivity index (χ0n) is 10.8. The summed E-state index contributed by atoms with van der Waals surface area (Å²) >= 11 is 3.86. The molecule has 0 radical (unpaired) electrons. The fraction of sp³-hybridized carbons (Fsp3) is 0.538. The lowest BCUT2D eigenvalue weighted by Crippen LogP contribution is -1.65. The standard InChI is InChI=1S/C7H6S2.3C2H6/c1-2-4-7-6(3-1)8-5-9-7;3*1-2/h1-4H,5H2;3*1-2H3. The second-order valence-corrected chi connectivity index (χ2v) is 4.25. The maximum Gasteiger partial charge on any atom is 0.0487 e. The molecule has 0 spiro atoms. The van der Waals surface area contributed by atoms with Crippen molar-refractivity contribution in [3.63, 3.8) is 0 Å². The smallest absolute Gasteiger partial charge is 0.0487 e. The molecule has 0 aliphatic carbocycles. The lowest BCUT2D eigenvalue weighted by Gasteiger charge is -1.90. The second-order valence-electron chi connectivity index (χ2n) is 1.85. The minimum Gasteiger partial charge on any atom is -0.114 e. The van der Waals surface area contributed by atoms with Gasteiger partial charge in [0.2, 0.25) is 0 Å². The van der Waals surface area contributed by atoms with Gasteiger partial charge in [0.1, 0.15) is 0 Å². The van der Waals surface area contributed by atoms with E-state index in [4.69, 9.17) is 0 Å². The molecule has 0 saturated carbocycles. The van der Waals surface area contributed by atoms with Crippen LogP contribution >= 0.6 is 23.5 Å². The van der Waals surface area contributed by atoms with Crippen LogP contribution in [0.3, 0.4) is 0 Å². The maximum absolute atomic E-state index is 2.18. The Morgan fingerprint density at radius 3 is 1.40 bits per heavy atom. The number of rotatable bonds is 0. The Morgan fingerprint density at radius 2 is 1.07 bits per heavy atom. The molecule has 0 bridgehead atoms. The van der Waals surface area contributed by atoms with Crippen molar-refractivity contribution in [3.05, 3.63) is 24.3 Å². The summed E-state index contributed by atoms with van der Waals surface area (Å²) in [5.74, 6) is 0. The van der Waals surface area contributed by atoms with Gasteiger partial charge in [0.05, 0.1) is 0 Å². The molecule has 0 unspecified atom stereocenters. The van der Waals surface area contributed by atoms with Gasteiger partial charge >= 0.3 is 0 Å². The van der Waals surface area contributed by atoms with Gasteiger partial charge < -0.3 is 0 Å². The fourth-order valence-electron chi connectivity index (χ4n) is 0.845. The predicted molar refractivity (Wildman–Crippen MR) is 77.1 cm³/mol. The van der Waals surface area contributed by atoms with Crippen molar-refractivity contribution in [1.82, 2.24) is 0 Å². The first kappa shape index (κ1) is 17.3. The van der Waals surface area contributed by atoms with Crippen LogP contribution in [0.1, 0.15) is 41.5 Å². The molecule has 15 heavy (non-hydrogen) atoms. The van der Waals surface area contributed by atoms with Crippen LogP contribution in [0.25, 0.3) is 0 Å². The van der Waals surface area contributed by atoms with E-state index in [9.17, 15) is 0 Å². The Hall–Kier alpha value is -0.0800. The van der Waals surface area contributed by atoms with Crippen LogP contribution in [-0.4, -0.2) is 5.08 Å².